The lowest BCUT2D eigenvalue weighted by Gasteiger charge is -2.28. The molecule has 0 amide bonds. The molecular weight excluding hydrogens is 244 g/mol. The van der Waals surface area contributed by atoms with E-state index in [0.29, 0.717) is 0 Å². The SMILES string of the molecule is c1coc(C(c2cccs2)N2CCCNCC2)c1. The third kappa shape index (κ3) is 2.51. The van der Waals surface area contributed by atoms with Crippen LogP contribution in [0.3, 0.4) is 0 Å². The van der Waals surface area contributed by atoms with E-state index in [1.54, 1.807) is 6.26 Å². The van der Waals surface area contributed by atoms with Crippen molar-refractivity contribution in [1.82, 2.24) is 10.2 Å². The number of nitrogens with one attached hydrogen (secondary N) is 1. The molecule has 0 radical (unpaired) electrons. The molecule has 4 heteroatoms. The Bertz CT molecular complexity index is 410. The molecule has 1 saturated heterocycles. The summed E-state index contributed by atoms with van der Waals surface area (Å²) in [6.07, 6.45) is 2.97. The van der Waals surface area contributed by atoms with E-state index in [0.717, 1.165) is 31.9 Å². The molecule has 2 aromatic rings. The van der Waals surface area contributed by atoms with Gasteiger partial charge in [0.25, 0.3) is 0 Å². The van der Waals surface area contributed by atoms with Gasteiger partial charge in [0.1, 0.15) is 11.8 Å². The van der Waals surface area contributed by atoms with E-state index in [-0.39, 0.29) is 6.04 Å². The lowest BCUT2D eigenvalue weighted by molar-refractivity contribution is 0.219. The Kier molecular flexibility index (Phi) is 3.78. The molecule has 1 aliphatic rings. The largest absolute Gasteiger partial charge is 0.467 e. The average molecular weight is 262 g/mol. The third-order valence-corrected chi connectivity index (χ3v) is 4.29. The van der Waals surface area contributed by atoms with Gasteiger partial charge >= 0.3 is 0 Å². The van der Waals surface area contributed by atoms with Crippen LogP contribution in [0, 0.1) is 0 Å². The van der Waals surface area contributed by atoms with Crippen LogP contribution in [0.1, 0.15) is 23.1 Å². The van der Waals surface area contributed by atoms with Crippen LogP contribution in [0.25, 0.3) is 0 Å². The topological polar surface area (TPSA) is 28.4 Å². The molecule has 0 aliphatic carbocycles. The van der Waals surface area contributed by atoms with Gasteiger partial charge in [-0.1, -0.05) is 6.07 Å². The lowest BCUT2D eigenvalue weighted by atomic mass is 10.1. The predicted octanol–water partition coefficient (Wildman–Crippen LogP) is 2.73. The minimum absolute atomic E-state index is 0.278. The van der Waals surface area contributed by atoms with Gasteiger partial charge in [-0.25, -0.2) is 0 Å². The van der Waals surface area contributed by atoms with E-state index >= 15 is 0 Å². The third-order valence-electron chi connectivity index (χ3n) is 3.37. The number of thiophene rings is 1. The summed E-state index contributed by atoms with van der Waals surface area (Å²) in [4.78, 5) is 3.89. The predicted molar refractivity (Wildman–Crippen MR) is 73.9 cm³/mol. The molecule has 0 spiro atoms. The van der Waals surface area contributed by atoms with Crippen LogP contribution in [-0.4, -0.2) is 31.1 Å². The van der Waals surface area contributed by atoms with Crippen molar-refractivity contribution in [2.24, 2.45) is 0 Å². The van der Waals surface area contributed by atoms with Crippen LogP contribution in [0.4, 0.5) is 0 Å². The van der Waals surface area contributed by atoms with E-state index in [4.69, 9.17) is 4.42 Å². The Labute approximate surface area is 111 Å². The van der Waals surface area contributed by atoms with Gasteiger partial charge in [-0.2, -0.15) is 0 Å². The van der Waals surface area contributed by atoms with Crippen LogP contribution in [-0.2, 0) is 0 Å². The molecule has 18 heavy (non-hydrogen) atoms. The fourth-order valence-electron chi connectivity index (χ4n) is 2.52. The van der Waals surface area contributed by atoms with Crippen LogP contribution in [0.2, 0.25) is 0 Å². The molecule has 3 heterocycles. The molecule has 96 valence electrons. The van der Waals surface area contributed by atoms with Gasteiger partial charge in [-0.05, 0) is 36.5 Å². The van der Waals surface area contributed by atoms with Gasteiger partial charge in [-0.15, -0.1) is 11.3 Å². The van der Waals surface area contributed by atoms with Crippen LogP contribution >= 0.6 is 11.3 Å². The van der Waals surface area contributed by atoms with Crippen molar-refractivity contribution in [2.75, 3.05) is 26.2 Å². The molecule has 1 unspecified atom stereocenters. The highest BCUT2D eigenvalue weighted by Gasteiger charge is 2.25. The van der Waals surface area contributed by atoms with Crippen molar-refractivity contribution in [3.63, 3.8) is 0 Å². The molecule has 2 aromatic heterocycles. The zero-order valence-corrected chi connectivity index (χ0v) is 11.2. The van der Waals surface area contributed by atoms with Gasteiger partial charge in [0, 0.05) is 24.5 Å². The zero-order chi connectivity index (χ0) is 12.2. The first-order chi connectivity index (χ1) is 8.95. The highest BCUT2D eigenvalue weighted by Crippen LogP contribution is 2.32. The van der Waals surface area contributed by atoms with E-state index in [9.17, 15) is 0 Å². The van der Waals surface area contributed by atoms with E-state index in [1.165, 1.54) is 11.3 Å². The van der Waals surface area contributed by atoms with Gasteiger partial charge in [0.2, 0.25) is 0 Å². The highest BCUT2D eigenvalue weighted by molar-refractivity contribution is 7.10. The number of furan rings is 1. The second kappa shape index (κ2) is 5.69. The van der Waals surface area contributed by atoms with Gasteiger partial charge in [0.05, 0.1) is 6.26 Å². The molecule has 1 aliphatic heterocycles. The maximum Gasteiger partial charge on any atom is 0.126 e. The molecule has 0 bridgehead atoms. The summed E-state index contributed by atoms with van der Waals surface area (Å²) in [7, 11) is 0. The van der Waals surface area contributed by atoms with Crippen molar-refractivity contribution >= 4 is 11.3 Å². The second-order valence-corrected chi connectivity index (χ2v) is 5.55. The summed E-state index contributed by atoms with van der Waals surface area (Å²) < 4.78 is 5.66. The van der Waals surface area contributed by atoms with Crippen molar-refractivity contribution in [1.29, 1.82) is 0 Å². The summed E-state index contributed by atoms with van der Waals surface area (Å²) in [5, 5.41) is 5.59. The number of hydrogen-bond donors (Lipinski definition) is 1. The first kappa shape index (κ1) is 12.0. The second-order valence-electron chi connectivity index (χ2n) is 4.57. The first-order valence-electron chi connectivity index (χ1n) is 6.47. The summed E-state index contributed by atoms with van der Waals surface area (Å²) in [5.74, 6) is 1.05. The molecule has 1 atom stereocenters. The summed E-state index contributed by atoms with van der Waals surface area (Å²) >= 11 is 1.81. The maximum atomic E-state index is 5.66. The van der Waals surface area contributed by atoms with E-state index in [1.807, 2.05) is 17.4 Å². The first-order valence-corrected chi connectivity index (χ1v) is 7.35. The van der Waals surface area contributed by atoms with Gasteiger partial charge < -0.3 is 9.73 Å². The van der Waals surface area contributed by atoms with E-state index in [2.05, 4.69) is 33.8 Å². The summed E-state index contributed by atoms with van der Waals surface area (Å²) in [6.45, 7) is 4.37. The fraction of sp³-hybridized carbons (Fsp3) is 0.429. The molecular formula is C14H18N2OS. The summed E-state index contributed by atoms with van der Waals surface area (Å²) in [6, 6.07) is 8.66. The standard InChI is InChI=1S/C14H18N2OS/c1-4-12(17-10-1)14(13-5-2-11-18-13)16-8-3-6-15-7-9-16/h1-2,4-5,10-11,14-15H,3,6-9H2. The van der Waals surface area contributed by atoms with Gasteiger partial charge in [-0.3, -0.25) is 4.90 Å². The Morgan fingerprint density at radius 2 is 2.22 bits per heavy atom. The van der Waals surface area contributed by atoms with Crippen molar-refractivity contribution in [3.8, 4) is 0 Å². The zero-order valence-electron chi connectivity index (χ0n) is 10.3. The minimum atomic E-state index is 0.278. The maximum absolute atomic E-state index is 5.66. The Morgan fingerprint density at radius 3 is 3.00 bits per heavy atom. The normalized spacial score (nSPS) is 19.6. The molecule has 1 N–H and O–H groups in total. The number of hydrogen-bond acceptors (Lipinski definition) is 4. The Hall–Kier alpha value is -1.10. The van der Waals surface area contributed by atoms with Crippen LogP contribution in [0.15, 0.2) is 40.3 Å². The van der Waals surface area contributed by atoms with Crippen LogP contribution in [0.5, 0.6) is 0 Å². The van der Waals surface area contributed by atoms with Crippen LogP contribution < -0.4 is 5.32 Å². The van der Waals surface area contributed by atoms with Gasteiger partial charge in [0.15, 0.2) is 0 Å². The Balaban J connectivity index is 1.89. The Morgan fingerprint density at radius 1 is 1.22 bits per heavy atom. The molecule has 3 rings (SSSR count). The van der Waals surface area contributed by atoms with E-state index < -0.39 is 0 Å². The van der Waals surface area contributed by atoms with Crippen molar-refractivity contribution in [2.45, 2.75) is 12.5 Å². The molecule has 0 saturated carbocycles. The molecule has 1 fully saturated rings. The molecule has 3 nitrogen and oxygen atoms in total. The lowest BCUT2D eigenvalue weighted by Crippen LogP contribution is -2.32. The highest BCUT2D eigenvalue weighted by atomic mass is 32.1. The van der Waals surface area contributed by atoms with Crippen molar-refractivity contribution < 1.29 is 4.42 Å². The quantitative estimate of drug-likeness (QED) is 0.922. The van der Waals surface area contributed by atoms with Crippen molar-refractivity contribution in [3.05, 3.63) is 46.5 Å². The smallest absolute Gasteiger partial charge is 0.126 e. The molecule has 0 aromatic carbocycles. The average Bonchev–Trinajstić information content (AvgIpc) is 3.02. The monoisotopic (exact) mass is 262 g/mol. The minimum Gasteiger partial charge on any atom is -0.467 e. The number of rotatable bonds is 3. The summed E-state index contributed by atoms with van der Waals surface area (Å²) in [5.41, 5.74) is 0. The number of nitrogens with zero attached hydrogens (tertiary/aromatic N) is 1. The fourth-order valence-corrected chi connectivity index (χ4v) is 3.38.